The molecule has 7 nitrogen and oxygen atoms in total. The normalized spacial score (nSPS) is 17.1. The van der Waals surface area contributed by atoms with Crippen molar-refractivity contribution >= 4 is 0 Å². The zero-order valence-electron chi connectivity index (χ0n) is 16.8. The highest BCUT2D eigenvalue weighted by Gasteiger charge is 2.22. The molecule has 0 aliphatic carbocycles. The van der Waals surface area contributed by atoms with Gasteiger partial charge in [0.05, 0.1) is 29.7 Å². The highest BCUT2D eigenvalue weighted by molar-refractivity contribution is 5.37. The van der Waals surface area contributed by atoms with E-state index in [4.69, 9.17) is 0 Å². The summed E-state index contributed by atoms with van der Waals surface area (Å²) in [7, 11) is 0. The highest BCUT2D eigenvalue weighted by Crippen LogP contribution is 2.24. The number of hydrogen-bond acceptors (Lipinski definition) is 5. The van der Waals surface area contributed by atoms with Gasteiger partial charge in [-0.15, -0.1) is 5.10 Å². The minimum atomic E-state index is -0.566. The van der Waals surface area contributed by atoms with Gasteiger partial charge in [0, 0.05) is 25.3 Å². The van der Waals surface area contributed by atoms with E-state index in [-0.39, 0.29) is 0 Å². The molecule has 0 radical (unpaired) electrons. The third kappa shape index (κ3) is 4.00. The minimum absolute atomic E-state index is 0.359. The average molecular weight is 380 g/mol. The second-order valence-electron chi connectivity index (χ2n) is 7.82. The maximum Gasteiger partial charge on any atom is 0.111 e. The minimum Gasteiger partial charge on any atom is -0.387 e. The molecule has 0 bridgehead atoms. The molecule has 3 aromatic rings. The van der Waals surface area contributed by atoms with Crippen molar-refractivity contribution in [3.63, 3.8) is 0 Å². The lowest BCUT2D eigenvalue weighted by Crippen LogP contribution is -2.34. The van der Waals surface area contributed by atoms with Gasteiger partial charge in [-0.3, -0.25) is 4.90 Å². The fourth-order valence-corrected chi connectivity index (χ4v) is 3.94. The van der Waals surface area contributed by atoms with Crippen LogP contribution in [0.2, 0.25) is 0 Å². The molecule has 28 heavy (non-hydrogen) atoms. The van der Waals surface area contributed by atoms with Crippen LogP contribution in [-0.2, 0) is 6.54 Å². The molecule has 1 aliphatic rings. The summed E-state index contributed by atoms with van der Waals surface area (Å²) in [6.07, 6.45) is 3.39. The van der Waals surface area contributed by atoms with Gasteiger partial charge in [-0.05, 0) is 57.4 Å². The van der Waals surface area contributed by atoms with Gasteiger partial charge in [-0.25, -0.2) is 9.36 Å². The quantitative estimate of drug-likeness (QED) is 0.737. The fourth-order valence-electron chi connectivity index (χ4n) is 3.94. The van der Waals surface area contributed by atoms with Gasteiger partial charge in [-0.1, -0.05) is 17.3 Å². The maximum atomic E-state index is 9.63. The Morgan fingerprint density at radius 2 is 1.96 bits per heavy atom. The number of aliphatic hydroxyl groups is 1. The first-order chi connectivity index (χ1) is 13.5. The SMILES string of the molecule is Cc1cc(C)n(-c2cccc(CN3CCC(n4cc([C@@H](C)O)nn4)CC3)c2)n1. The Hall–Kier alpha value is -2.51. The number of hydrogen-bond donors (Lipinski definition) is 1. The number of nitrogens with zero attached hydrogens (tertiary/aromatic N) is 6. The summed E-state index contributed by atoms with van der Waals surface area (Å²) in [4.78, 5) is 2.49. The Morgan fingerprint density at radius 3 is 2.61 bits per heavy atom. The van der Waals surface area contributed by atoms with E-state index in [1.54, 1.807) is 6.92 Å². The molecular formula is C21H28N6O. The number of aryl methyl sites for hydroxylation is 2. The predicted molar refractivity (Wildman–Crippen MR) is 107 cm³/mol. The Labute approximate surface area is 165 Å². The zero-order chi connectivity index (χ0) is 19.7. The van der Waals surface area contributed by atoms with Crippen molar-refractivity contribution in [2.45, 2.75) is 52.3 Å². The lowest BCUT2D eigenvalue weighted by atomic mass is 10.0. The Kier molecular flexibility index (Phi) is 5.28. The van der Waals surface area contributed by atoms with Crippen LogP contribution in [0.4, 0.5) is 0 Å². The first-order valence-corrected chi connectivity index (χ1v) is 9.94. The smallest absolute Gasteiger partial charge is 0.111 e. The molecule has 7 heteroatoms. The second-order valence-corrected chi connectivity index (χ2v) is 7.82. The van der Waals surface area contributed by atoms with Crippen LogP contribution in [0, 0.1) is 13.8 Å². The summed E-state index contributed by atoms with van der Waals surface area (Å²) >= 11 is 0. The van der Waals surface area contributed by atoms with Crippen molar-refractivity contribution in [2.75, 3.05) is 13.1 Å². The van der Waals surface area contributed by atoms with Gasteiger partial charge in [0.1, 0.15) is 5.69 Å². The first kappa shape index (κ1) is 18.8. The summed E-state index contributed by atoms with van der Waals surface area (Å²) < 4.78 is 3.93. The topological polar surface area (TPSA) is 72.0 Å². The number of aromatic nitrogens is 5. The highest BCUT2D eigenvalue weighted by atomic mass is 16.3. The van der Waals surface area contributed by atoms with E-state index >= 15 is 0 Å². The number of likely N-dealkylation sites (tertiary alicyclic amines) is 1. The van der Waals surface area contributed by atoms with Gasteiger partial charge in [-0.2, -0.15) is 5.10 Å². The summed E-state index contributed by atoms with van der Waals surface area (Å²) in [5.41, 5.74) is 5.26. The van der Waals surface area contributed by atoms with Crippen LogP contribution in [-0.4, -0.2) is 47.9 Å². The summed E-state index contributed by atoms with van der Waals surface area (Å²) in [6.45, 7) is 8.83. The van der Waals surface area contributed by atoms with E-state index in [9.17, 15) is 5.11 Å². The summed E-state index contributed by atoms with van der Waals surface area (Å²) in [5, 5.41) is 22.5. The standard InChI is InChI=1S/C21H28N6O/c1-15-11-16(2)27(23-15)20-6-4-5-18(12-20)13-25-9-7-19(8-10-25)26-14-21(17(3)28)22-24-26/h4-6,11-12,14,17,19,28H,7-10,13H2,1-3H3/t17-/m1/s1. The van der Waals surface area contributed by atoms with Crippen LogP contribution in [0.25, 0.3) is 5.69 Å². The van der Waals surface area contributed by atoms with E-state index < -0.39 is 6.10 Å². The van der Waals surface area contributed by atoms with Crippen LogP contribution in [0.3, 0.4) is 0 Å². The van der Waals surface area contributed by atoms with E-state index in [0.717, 1.165) is 49.6 Å². The number of piperidine rings is 1. The molecule has 148 valence electrons. The number of benzene rings is 1. The van der Waals surface area contributed by atoms with Gasteiger partial charge < -0.3 is 5.11 Å². The molecule has 0 saturated carbocycles. The van der Waals surface area contributed by atoms with Gasteiger partial charge >= 0.3 is 0 Å². The lowest BCUT2D eigenvalue weighted by molar-refractivity contribution is 0.172. The van der Waals surface area contributed by atoms with E-state index in [1.165, 1.54) is 5.56 Å². The van der Waals surface area contributed by atoms with E-state index in [0.29, 0.717) is 11.7 Å². The largest absolute Gasteiger partial charge is 0.387 e. The molecule has 0 spiro atoms. The Balaban J connectivity index is 1.38. The van der Waals surface area contributed by atoms with Crippen molar-refractivity contribution in [1.29, 1.82) is 0 Å². The molecule has 1 saturated heterocycles. The third-order valence-electron chi connectivity index (χ3n) is 5.46. The lowest BCUT2D eigenvalue weighted by Gasteiger charge is -2.31. The van der Waals surface area contributed by atoms with Gasteiger partial charge in [0.2, 0.25) is 0 Å². The molecule has 0 amide bonds. The van der Waals surface area contributed by atoms with Crippen molar-refractivity contribution in [3.8, 4) is 5.69 Å². The van der Waals surface area contributed by atoms with Crippen LogP contribution in [0.15, 0.2) is 36.5 Å². The van der Waals surface area contributed by atoms with Gasteiger partial charge in [0.15, 0.2) is 0 Å². The molecule has 1 aromatic carbocycles. The predicted octanol–water partition coefficient (Wildman–Crippen LogP) is 2.97. The maximum absolute atomic E-state index is 9.63. The second kappa shape index (κ2) is 7.85. The van der Waals surface area contributed by atoms with Crippen molar-refractivity contribution in [1.82, 2.24) is 29.7 Å². The zero-order valence-corrected chi connectivity index (χ0v) is 16.8. The molecule has 0 unspecified atom stereocenters. The number of rotatable bonds is 5. The number of aliphatic hydroxyl groups excluding tert-OH is 1. The van der Waals surface area contributed by atoms with Gasteiger partial charge in [0.25, 0.3) is 0 Å². The van der Waals surface area contributed by atoms with Crippen LogP contribution in [0.1, 0.15) is 54.6 Å². The third-order valence-corrected chi connectivity index (χ3v) is 5.46. The Bertz CT molecular complexity index is 936. The summed E-state index contributed by atoms with van der Waals surface area (Å²) in [6, 6.07) is 11.1. The average Bonchev–Trinajstić information content (AvgIpc) is 3.29. The monoisotopic (exact) mass is 380 g/mol. The van der Waals surface area contributed by atoms with Crippen LogP contribution in [0.5, 0.6) is 0 Å². The van der Waals surface area contributed by atoms with E-state index in [2.05, 4.69) is 57.6 Å². The molecule has 4 rings (SSSR count). The molecule has 1 aliphatic heterocycles. The van der Waals surface area contributed by atoms with Crippen LogP contribution < -0.4 is 0 Å². The van der Waals surface area contributed by atoms with Crippen LogP contribution >= 0.6 is 0 Å². The van der Waals surface area contributed by atoms with Crippen molar-refractivity contribution in [2.24, 2.45) is 0 Å². The van der Waals surface area contributed by atoms with Crippen molar-refractivity contribution < 1.29 is 5.11 Å². The molecule has 1 atom stereocenters. The summed E-state index contributed by atoms with van der Waals surface area (Å²) in [5.74, 6) is 0. The Morgan fingerprint density at radius 1 is 1.18 bits per heavy atom. The first-order valence-electron chi connectivity index (χ1n) is 9.94. The van der Waals surface area contributed by atoms with Crippen molar-refractivity contribution in [3.05, 3.63) is 59.2 Å². The molecular weight excluding hydrogens is 352 g/mol. The molecule has 1 N–H and O–H groups in total. The molecule has 1 fully saturated rings. The molecule has 3 heterocycles. The van der Waals surface area contributed by atoms with E-state index in [1.807, 2.05) is 22.5 Å². The fraction of sp³-hybridized carbons (Fsp3) is 0.476. The molecule has 2 aromatic heterocycles.